The highest BCUT2D eigenvalue weighted by molar-refractivity contribution is 9.10. The predicted octanol–water partition coefficient (Wildman–Crippen LogP) is 4.12. The number of ether oxygens (including phenoxy) is 1. The van der Waals surface area contributed by atoms with Crippen LogP contribution in [0.2, 0.25) is 0 Å². The summed E-state index contributed by atoms with van der Waals surface area (Å²) in [5.74, 6) is 1.45. The third-order valence-corrected chi connectivity index (χ3v) is 4.47. The first-order valence-corrected chi connectivity index (χ1v) is 8.16. The van der Waals surface area contributed by atoms with Crippen LogP contribution in [0, 0.1) is 5.92 Å². The lowest BCUT2D eigenvalue weighted by molar-refractivity contribution is -0.126. The largest absolute Gasteiger partial charge is 0.496 e. The van der Waals surface area contributed by atoms with Crippen molar-refractivity contribution in [1.29, 1.82) is 0 Å². The number of carbonyl (C=O) groups excluding carboxylic acids is 1. The Bertz CT molecular complexity index is 542. The van der Waals surface area contributed by atoms with Crippen molar-refractivity contribution in [2.75, 3.05) is 13.7 Å². The Kier molecular flexibility index (Phi) is 5.45. The van der Waals surface area contributed by atoms with Gasteiger partial charge in [0, 0.05) is 28.7 Å². The van der Waals surface area contributed by atoms with E-state index < -0.39 is 0 Å². The Morgan fingerprint density at radius 3 is 2.95 bits per heavy atom. The molecule has 1 fully saturated rings. The summed E-state index contributed by atoms with van der Waals surface area (Å²) in [5.41, 5.74) is 0.903. The van der Waals surface area contributed by atoms with Crippen LogP contribution < -0.4 is 4.74 Å². The SMILES string of the molecule is CC[C@@H]1C[C@@H](C)CN1C(=O)/C=C\c1cc(Br)ccc1OC. The standard InChI is InChI=1S/C17H22BrNO2/c1-4-15-9-12(2)11-19(15)17(20)8-5-13-10-14(18)6-7-16(13)21-3/h5-8,10,12,15H,4,9,11H2,1-3H3/b8-5-/t12-,15-/m1/s1. The lowest BCUT2D eigenvalue weighted by Crippen LogP contribution is -2.33. The molecule has 0 aromatic heterocycles. The van der Waals surface area contributed by atoms with Crippen LogP contribution in [0.4, 0.5) is 0 Å². The summed E-state index contributed by atoms with van der Waals surface area (Å²) < 4.78 is 6.29. The number of hydrogen-bond acceptors (Lipinski definition) is 2. The van der Waals surface area contributed by atoms with Gasteiger partial charge < -0.3 is 9.64 Å². The molecule has 0 bridgehead atoms. The Morgan fingerprint density at radius 2 is 2.29 bits per heavy atom. The van der Waals surface area contributed by atoms with E-state index in [2.05, 4.69) is 29.8 Å². The number of carbonyl (C=O) groups is 1. The molecule has 1 aromatic rings. The second-order valence-corrected chi connectivity index (χ2v) is 6.53. The molecule has 1 heterocycles. The van der Waals surface area contributed by atoms with Crippen molar-refractivity contribution in [1.82, 2.24) is 4.90 Å². The van der Waals surface area contributed by atoms with Gasteiger partial charge in [-0.15, -0.1) is 0 Å². The fourth-order valence-electron chi connectivity index (χ4n) is 2.90. The highest BCUT2D eigenvalue weighted by atomic mass is 79.9. The lowest BCUT2D eigenvalue weighted by atomic mass is 10.1. The van der Waals surface area contributed by atoms with Gasteiger partial charge in [0.25, 0.3) is 0 Å². The minimum absolute atomic E-state index is 0.0910. The van der Waals surface area contributed by atoms with Crippen molar-refractivity contribution in [2.45, 2.75) is 32.7 Å². The van der Waals surface area contributed by atoms with Crippen molar-refractivity contribution in [3.63, 3.8) is 0 Å². The molecule has 0 saturated carbocycles. The summed E-state index contributed by atoms with van der Waals surface area (Å²) in [6.45, 7) is 5.21. The van der Waals surface area contributed by atoms with Crippen molar-refractivity contribution in [2.24, 2.45) is 5.92 Å². The van der Waals surface area contributed by atoms with E-state index in [4.69, 9.17) is 4.74 Å². The van der Waals surface area contributed by atoms with E-state index in [0.717, 1.165) is 35.2 Å². The van der Waals surface area contributed by atoms with Crippen molar-refractivity contribution < 1.29 is 9.53 Å². The van der Waals surface area contributed by atoms with Gasteiger partial charge in [-0.25, -0.2) is 0 Å². The van der Waals surface area contributed by atoms with Gasteiger partial charge in [0.2, 0.25) is 5.91 Å². The molecule has 1 aromatic carbocycles. The monoisotopic (exact) mass is 351 g/mol. The van der Waals surface area contributed by atoms with Gasteiger partial charge in [-0.05, 0) is 43.0 Å². The number of methoxy groups -OCH3 is 1. The summed E-state index contributed by atoms with van der Waals surface area (Å²) in [4.78, 5) is 14.4. The molecular weight excluding hydrogens is 330 g/mol. The zero-order chi connectivity index (χ0) is 15.4. The van der Waals surface area contributed by atoms with Gasteiger partial charge in [0.15, 0.2) is 0 Å². The zero-order valence-electron chi connectivity index (χ0n) is 12.8. The molecule has 2 rings (SSSR count). The van der Waals surface area contributed by atoms with Crippen LogP contribution >= 0.6 is 15.9 Å². The zero-order valence-corrected chi connectivity index (χ0v) is 14.4. The maximum atomic E-state index is 12.4. The smallest absolute Gasteiger partial charge is 0.246 e. The van der Waals surface area contributed by atoms with Crippen molar-refractivity contribution in [3.05, 3.63) is 34.3 Å². The summed E-state index contributed by atoms with van der Waals surface area (Å²) >= 11 is 3.44. The van der Waals surface area contributed by atoms with Crippen LogP contribution in [0.25, 0.3) is 6.08 Å². The van der Waals surface area contributed by atoms with E-state index in [1.807, 2.05) is 29.2 Å². The van der Waals surface area contributed by atoms with Crippen molar-refractivity contribution in [3.8, 4) is 5.75 Å². The maximum absolute atomic E-state index is 12.4. The Balaban J connectivity index is 2.14. The molecule has 0 radical (unpaired) electrons. The van der Waals surface area contributed by atoms with Crippen LogP contribution in [0.3, 0.4) is 0 Å². The molecule has 0 unspecified atom stereocenters. The van der Waals surface area contributed by atoms with E-state index in [0.29, 0.717) is 12.0 Å². The summed E-state index contributed by atoms with van der Waals surface area (Å²) in [5, 5.41) is 0. The molecule has 1 aliphatic rings. The highest BCUT2D eigenvalue weighted by Crippen LogP contribution is 2.27. The topological polar surface area (TPSA) is 29.5 Å². The molecule has 0 N–H and O–H groups in total. The number of hydrogen-bond donors (Lipinski definition) is 0. The van der Waals surface area contributed by atoms with Crippen LogP contribution in [-0.2, 0) is 4.79 Å². The Morgan fingerprint density at radius 1 is 1.52 bits per heavy atom. The highest BCUT2D eigenvalue weighted by Gasteiger charge is 2.30. The molecule has 1 saturated heterocycles. The normalized spacial score (nSPS) is 22.0. The quantitative estimate of drug-likeness (QED) is 0.763. The first-order valence-electron chi connectivity index (χ1n) is 7.37. The Labute approximate surface area is 135 Å². The third-order valence-electron chi connectivity index (χ3n) is 3.98. The Hall–Kier alpha value is -1.29. The van der Waals surface area contributed by atoms with Gasteiger partial charge in [0.1, 0.15) is 5.75 Å². The molecule has 21 heavy (non-hydrogen) atoms. The molecule has 4 heteroatoms. The second kappa shape index (κ2) is 7.12. The summed E-state index contributed by atoms with van der Waals surface area (Å²) in [6.07, 6.45) is 5.62. The second-order valence-electron chi connectivity index (χ2n) is 5.61. The summed E-state index contributed by atoms with van der Waals surface area (Å²) in [7, 11) is 1.64. The number of amides is 1. The average Bonchev–Trinajstić information content (AvgIpc) is 2.86. The van der Waals surface area contributed by atoms with Gasteiger partial charge in [-0.1, -0.05) is 29.8 Å². The number of nitrogens with zero attached hydrogens (tertiary/aromatic N) is 1. The lowest BCUT2D eigenvalue weighted by Gasteiger charge is -2.22. The van der Waals surface area contributed by atoms with Crippen molar-refractivity contribution >= 4 is 27.9 Å². The molecule has 3 nitrogen and oxygen atoms in total. The number of halogens is 1. The first kappa shape index (κ1) is 16.1. The molecule has 2 atom stereocenters. The number of rotatable bonds is 4. The number of benzene rings is 1. The van der Waals surface area contributed by atoms with E-state index in [9.17, 15) is 4.79 Å². The molecule has 1 aliphatic heterocycles. The molecule has 1 amide bonds. The van der Waals surface area contributed by atoms with E-state index >= 15 is 0 Å². The average molecular weight is 352 g/mol. The van der Waals surface area contributed by atoms with Crippen LogP contribution in [0.5, 0.6) is 5.75 Å². The minimum atomic E-state index is 0.0910. The van der Waals surface area contributed by atoms with E-state index in [1.165, 1.54) is 0 Å². The molecule has 0 spiro atoms. The van der Waals surface area contributed by atoms with Gasteiger partial charge in [-0.2, -0.15) is 0 Å². The van der Waals surface area contributed by atoms with Crippen LogP contribution in [-0.4, -0.2) is 30.5 Å². The fourth-order valence-corrected chi connectivity index (χ4v) is 3.28. The minimum Gasteiger partial charge on any atom is -0.496 e. The first-order chi connectivity index (χ1) is 10.0. The van der Waals surface area contributed by atoms with Gasteiger partial charge in [0.05, 0.1) is 7.11 Å². The predicted molar refractivity (Wildman–Crippen MR) is 89.3 cm³/mol. The van der Waals surface area contributed by atoms with E-state index in [-0.39, 0.29) is 5.91 Å². The van der Waals surface area contributed by atoms with E-state index in [1.54, 1.807) is 13.2 Å². The summed E-state index contributed by atoms with van der Waals surface area (Å²) in [6, 6.07) is 6.14. The van der Waals surface area contributed by atoms with Crippen LogP contribution in [0.15, 0.2) is 28.7 Å². The fraction of sp³-hybridized carbons (Fsp3) is 0.471. The molecular formula is C17H22BrNO2. The third kappa shape index (κ3) is 3.88. The van der Waals surface area contributed by atoms with Gasteiger partial charge in [-0.3, -0.25) is 4.79 Å². The molecule has 114 valence electrons. The van der Waals surface area contributed by atoms with Crippen LogP contribution in [0.1, 0.15) is 32.3 Å². The number of likely N-dealkylation sites (tertiary alicyclic amines) is 1. The maximum Gasteiger partial charge on any atom is 0.246 e. The van der Waals surface area contributed by atoms with Gasteiger partial charge >= 0.3 is 0 Å². The molecule has 0 aliphatic carbocycles.